The maximum Gasteiger partial charge on any atom is 0.350 e. The van der Waals surface area contributed by atoms with Crippen LogP contribution in [-0.2, 0) is 19.5 Å². The first kappa shape index (κ1) is 23.4. The van der Waals surface area contributed by atoms with Crippen molar-refractivity contribution in [1.82, 2.24) is 4.31 Å². The molecule has 1 N–H and O–H groups in total. The quantitative estimate of drug-likeness (QED) is 0.549. The minimum Gasteiger partial charge on any atom is -0.465 e. The van der Waals surface area contributed by atoms with Crippen LogP contribution in [0, 0.1) is 0 Å². The normalized spacial score (nSPS) is 19.4. The van der Waals surface area contributed by atoms with Crippen molar-refractivity contribution < 1.29 is 27.5 Å². The lowest BCUT2D eigenvalue weighted by Crippen LogP contribution is -2.48. The van der Waals surface area contributed by atoms with E-state index in [1.165, 1.54) is 47.0 Å². The molecule has 33 heavy (non-hydrogen) atoms. The molecule has 3 aromatic rings. The number of nitrogens with zero attached hydrogens (tertiary/aromatic N) is 1. The molecule has 1 aliphatic heterocycles. The van der Waals surface area contributed by atoms with Crippen molar-refractivity contribution in [2.45, 2.75) is 31.0 Å². The number of benzene rings is 2. The first-order chi connectivity index (χ1) is 15.7. The number of morpholine rings is 1. The van der Waals surface area contributed by atoms with Crippen LogP contribution in [0.3, 0.4) is 0 Å². The Labute approximate surface area is 196 Å². The van der Waals surface area contributed by atoms with Crippen molar-refractivity contribution in [3.63, 3.8) is 0 Å². The second kappa shape index (κ2) is 9.22. The minimum atomic E-state index is -3.71. The molecular weight excluding hydrogens is 464 g/mol. The molecule has 1 fully saturated rings. The number of thiophene rings is 1. The van der Waals surface area contributed by atoms with E-state index in [1.54, 1.807) is 0 Å². The molecule has 174 valence electrons. The Morgan fingerprint density at radius 2 is 1.70 bits per heavy atom. The molecule has 0 bridgehead atoms. The second-order valence-electron chi connectivity index (χ2n) is 7.85. The zero-order valence-corrected chi connectivity index (χ0v) is 20.0. The summed E-state index contributed by atoms with van der Waals surface area (Å²) in [4.78, 5) is 25.6. The van der Waals surface area contributed by atoms with E-state index in [9.17, 15) is 18.0 Å². The van der Waals surface area contributed by atoms with Gasteiger partial charge in [0, 0.05) is 28.7 Å². The van der Waals surface area contributed by atoms with Crippen LogP contribution in [0.25, 0.3) is 10.1 Å². The van der Waals surface area contributed by atoms with Gasteiger partial charge in [0.15, 0.2) is 0 Å². The van der Waals surface area contributed by atoms with Gasteiger partial charge in [0.05, 0.1) is 29.9 Å². The fraction of sp³-hybridized carbons (Fsp3) is 0.304. The average molecular weight is 489 g/mol. The van der Waals surface area contributed by atoms with E-state index >= 15 is 0 Å². The molecular formula is C23H24N2O6S2. The fourth-order valence-corrected chi connectivity index (χ4v) is 6.51. The largest absolute Gasteiger partial charge is 0.465 e. The molecule has 0 saturated carbocycles. The fourth-order valence-electron chi connectivity index (χ4n) is 3.85. The van der Waals surface area contributed by atoms with Gasteiger partial charge in [-0.3, -0.25) is 4.79 Å². The number of nitrogens with one attached hydrogen (secondary N) is 1. The summed E-state index contributed by atoms with van der Waals surface area (Å²) < 4.78 is 38.8. The van der Waals surface area contributed by atoms with Crippen LogP contribution < -0.4 is 5.32 Å². The zero-order valence-electron chi connectivity index (χ0n) is 18.4. The minimum absolute atomic E-state index is 0.108. The summed E-state index contributed by atoms with van der Waals surface area (Å²) in [5, 5.41) is 3.52. The first-order valence-corrected chi connectivity index (χ1v) is 12.6. The van der Waals surface area contributed by atoms with E-state index in [0.717, 1.165) is 10.1 Å². The van der Waals surface area contributed by atoms with Crippen LogP contribution in [0.5, 0.6) is 0 Å². The number of esters is 1. The van der Waals surface area contributed by atoms with Gasteiger partial charge in [-0.1, -0.05) is 18.2 Å². The second-order valence-corrected chi connectivity index (χ2v) is 10.8. The van der Waals surface area contributed by atoms with E-state index in [2.05, 4.69) is 5.32 Å². The highest BCUT2D eigenvalue weighted by atomic mass is 32.2. The van der Waals surface area contributed by atoms with Crippen molar-refractivity contribution >= 4 is 49.0 Å². The highest BCUT2D eigenvalue weighted by Gasteiger charge is 2.32. The number of methoxy groups -OCH3 is 1. The Morgan fingerprint density at radius 1 is 1.06 bits per heavy atom. The molecule has 0 spiro atoms. The number of sulfonamides is 1. The number of hydrogen-bond acceptors (Lipinski definition) is 7. The number of rotatable bonds is 5. The van der Waals surface area contributed by atoms with Gasteiger partial charge in [0.2, 0.25) is 10.0 Å². The van der Waals surface area contributed by atoms with Gasteiger partial charge >= 0.3 is 5.97 Å². The Hall–Kier alpha value is -2.79. The summed E-state index contributed by atoms with van der Waals surface area (Å²) in [7, 11) is -2.42. The lowest BCUT2D eigenvalue weighted by Gasteiger charge is -2.34. The average Bonchev–Trinajstić information content (AvgIpc) is 3.16. The Bertz CT molecular complexity index is 1290. The van der Waals surface area contributed by atoms with Crippen molar-refractivity contribution in [3.05, 3.63) is 59.0 Å². The zero-order chi connectivity index (χ0) is 23.8. The molecule has 2 aromatic carbocycles. The molecule has 0 unspecified atom stereocenters. The van der Waals surface area contributed by atoms with Crippen LogP contribution >= 0.6 is 11.3 Å². The van der Waals surface area contributed by atoms with E-state index in [-0.39, 0.29) is 35.8 Å². The number of hydrogen-bond donors (Lipinski definition) is 1. The van der Waals surface area contributed by atoms with Gasteiger partial charge < -0.3 is 14.8 Å². The highest BCUT2D eigenvalue weighted by molar-refractivity contribution is 7.89. The predicted octanol–water partition coefficient (Wildman–Crippen LogP) is 3.74. The SMILES string of the molecule is COC(=O)c1sc2ccccc2c1NC(=O)c1ccc(S(=O)(=O)N2C[C@@H](C)O[C@@H](C)C2)cc1. The van der Waals surface area contributed by atoms with Crippen LogP contribution in [0.2, 0.25) is 0 Å². The molecule has 1 amide bonds. The number of fused-ring (bicyclic) bond motifs is 1. The van der Waals surface area contributed by atoms with Gasteiger partial charge in [-0.25, -0.2) is 13.2 Å². The Morgan fingerprint density at radius 3 is 2.33 bits per heavy atom. The molecule has 0 radical (unpaired) electrons. The number of ether oxygens (including phenoxy) is 2. The Kier molecular flexibility index (Phi) is 6.53. The van der Waals surface area contributed by atoms with E-state index in [0.29, 0.717) is 10.6 Å². The van der Waals surface area contributed by atoms with Crippen molar-refractivity contribution in [2.75, 3.05) is 25.5 Å². The molecule has 10 heteroatoms. The van der Waals surface area contributed by atoms with Crippen LogP contribution in [-0.4, -0.2) is 57.0 Å². The standard InChI is InChI=1S/C23H24N2O6S2/c1-14-12-25(13-15(2)31-14)33(28,29)17-10-8-16(9-11-17)22(26)24-20-18-6-4-5-7-19(18)32-21(20)23(27)30-3/h4-11,14-15H,12-13H2,1-3H3,(H,24,26)/t14-,15+. The van der Waals surface area contributed by atoms with Crippen LogP contribution in [0.15, 0.2) is 53.4 Å². The summed E-state index contributed by atoms with van der Waals surface area (Å²) >= 11 is 1.23. The third kappa shape index (κ3) is 4.65. The van der Waals surface area contributed by atoms with Crippen molar-refractivity contribution in [3.8, 4) is 0 Å². The molecule has 1 saturated heterocycles. The number of anilines is 1. The molecule has 4 rings (SSSR count). The predicted molar refractivity (Wildman–Crippen MR) is 126 cm³/mol. The molecule has 1 aromatic heterocycles. The lowest BCUT2D eigenvalue weighted by molar-refractivity contribution is -0.0440. The molecule has 2 atom stereocenters. The topological polar surface area (TPSA) is 102 Å². The summed E-state index contributed by atoms with van der Waals surface area (Å²) in [5.41, 5.74) is 0.643. The van der Waals surface area contributed by atoms with Gasteiger partial charge in [-0.2, -0.15) is 4.31 Å². The summed E-state index contributed by atoms with van der Waals surface area (Å²) in [6.45, 7) is 4.22. The highest BCUT2D eigenvalue weighted by Crippen LogP contribution is 2.36. The van der Waals surface area contributed by atoms with Crippen molar-refractivity contribution in [1.29, 1.82) is 0 Å². The number of carbonyl (C=O) groups excluding carboxylic acids is 2. The number of carbonyl (C=O) groups is 2. The third-order valence-electron chi connectivity index (χ3n) is 5.35. The maximum absolute atomic E-state index is 13.0. The van der Waals surface area contributed by atoms with Crippen LogP contribution in [0.4, 0.5) is 5.69 Å². The summed E-state index contributed by atoms with van der Waals surface area (Å²) in [6.07, 6.45) is -0.393. The molecule has 8 nitrogen and oxygen atoms in total. The summed E-state index contributed by atoms with van der Waals surface area (Å²) in [5.74, 6) is -0.997. The van der Waals surface area contributed by atoms with Gasteiger partial charge in [-0.05, 0) is 44.2 Å². The monoisotopic (exact) mass is 488 g/mol. The smallest absolute Gasteiger partial charge is 0.350 e. The van der Waals surface area contributed by atoms with E-state index in [4.69, 9.17) is 9.47 Å². The summed E-state index contributed by atoms with van der Waals surface area (Å²) in [6, 6.07) is 13.1. The van der Waals surface area contributed by atoms with Crippen molar-refractivity contribution in [2.24, 2.45) is 0 Å². The molecule has 2 heterocycles. The van der Waals surface area contributed by atoms with Gasteiger partial charge in [0.25, 0.3) is 5.91 Å². The van der Waals surface area contributed by atoms with Gasteiger partial charge in [-0.15, -0.1) is 11.3 Å². The maximum atomic E-state index is 13.0. The molecule has 0 aliphatic carbocycles. The number of amides is 1. The first-order valence-electron chi connectivity index (χ1n) is 10.4. The van der Waals surface area contributed by atoms with E-state index < -0.39 is 21.9 Å². The van der Waals surface area contributed by atoms with E-state index in [1.807, 2.05) is 38.1 Å². The van der Waals surface area contributed by atoms with Gasteiger partial charge in [0.1, 0.15) is 4.88 Å². The third-order valence-corrected chi connectivity index (χ3v) is 8.34. The Balaban J connectivity index is 1.58. The molecule has 1 aliphatic rings. The lowest BCUT2D eigenvalue weighted by atomic mass is 10.2. The van der Waals surface area contributed by atoms with Crippen LogP contribution in [0.1, 0.15) is 33.9 Å².